The summed E-state index contributed by atoms with van der Waals surface area (Å²) in [6.07, 6.45) is 3.87. The van der Waals surface area contributed by atoms with E-state index in [1.165, 1.54) is 36.3 Å². The molecule has 4 nitrogen and oxygen atoms in total. The van der Waals surface area contributed by atoms with Crippen molar-refractivity contribution in [2.45, 2.75) is 18.9 Å². The average Bonchev–Trinajstić information content (AvgIpc) is 2.95. The van der Waals surface area contributed by atoms with Crippen molar-refractivity contribution < 1.29 is 18.7 Å². The predicted molar refractivity (Wildman–Crippen MR) is 77.2 cm³/mol. The van der Waals surface area contributed by atoms with E-state index < -0.39 is 17.8 Å². The van der Waals surface area contributed by atoms with Crippen molar-refractivity contribution in [1.82, 2.24) is 4.90 Å². The van der Waals surface area contributed by atoms with E-state index in [-0.39, 0.29) is 16.5 Å². The molecule has 6 heteroatoms. The number of rotatable bonds is 3. The molecular formula is C15H15ClFNO3. The molecule has 0 saturated carbocycles. The molecule has 1 saturated heterocycles. The number of carbonyl (C=O) groups excluding carboxylic acids is 2. The Morgan fingerprint density at radius 1 is 1.48 bits per heavy atom. The normalized spacial score (nSPS) is 18.2. The fourth-order valence-corrected chi connectivity index (χ4v) is 2.56. The lowest BCUT2D eigenvalue weighted by molar-refractivity contribution is -0.149. The van der Waals surface area contributed by atoms with E-state index in [2.05, 4.69) is 4.74 Å². The van der Waals surface area contributed by atoms with Crippen molar-refractivity contribution in [1.29, 1.82) is 0 Å². The Bertz CT molecular complexity index is 568. The summed E-state index contributed by atoms with van der Waals surface area (Å²) in [6.45, 7) is 0.480. The number of carbonyl (C=O) groups is 2. The van der Waals surface area contributed by atoms with Gasteiger partial charge in [-0.1, -0.05) is 17.7 Å². The first-order valence-electron chi connectivity index (χ1n) is 6.55. The van der Waals surface area contributed by atoms with Gasteiger partial charge >= 0.3 is 5.97 Å². The smallest absolute Gasteiger partial charge is 0.328 e. The molecule has 1 atom stereocenters. The predicted octanol–water partition coefficient (Wildman–Crippen LogP) is 2.66. The van der Waals surface area contributed by atoms with Crippen molar-refractivity contribution in [3.05, 3.63) is 40.7 Å². The number of benzene rings is 1. The average molecular weight is 312 g/mol. The molecule has 1 heterocycles. The molecule has 2 rings (SSSR count). The summed E-state index contributed by atoms with van der Waals surface area (Å²) in [5.74, 6) is -1.29. The molecule has 0 N–H and O–H groups in total. The molecule has 0 radical (unpaired) electrons. The summed E-state index contributed by atoms with van der Waals surface area (Å²) in [6, 6.07) is 3.73. The van der Waals surface area contributed by atoms with Gasteiger partial charge in [0.25, 0.3) is 0 Å². The summed E-state index contributed by atoms with van der Waals surface area (Å²) in [5.41, 5.74) is 0.154. The van der Waals surface area contributed by atoms with Gasteiger partial charge in [0.05, 0.1) is 12.1 Å². The second-order valence-electron chi connectivity index (χ2n) is 4.68. The Morgan fingerprint density at radius 3 is 2.90 bits per heavy atom. The van der Waals surface area contributed by atoms with Gasteiger partial charge in [-0.3, -0.25) is 4.79 Å². The molecule has 1 fully saturated rings. The molecular weight excluding hydrogens is 297 g/mol. The number of halogens is 2. The number of hydrogen-bond acceptors (Lipinski definition) is 3. The number of esters is 1. The largest absolute Gasteiger partial charge is 0.467 e. The third-order valence-electron chi connectivity index (χ3n) is 3.40. The summed E-state index contributed by atoms with van der Waals surface area (Å²) < 4.78 is 18.3. The van der Waals surface area contributed by atoms with Crippen LogP contribution in [0.15, 0.2) is 24.3 Å². The molecule has 112 valence electrons. The highest BCUT2D eigenvalue weighted by atomic mass is 35.5. The Hall–Kier alpha value is -1.88. The van der Waals surface area contributed by atoms with Gasteiger partial charge in [0.1, 0.15) is 11.9 Å². The van der Waals surface area contributed by atoms with Crippen LogP contribution in [0.1, 0.15) is 18.4 Å². The van der Waals surface area contributed by atoms with Crippen molar-refractivity contribution in [2.24, 2.45) is 0 Å². The van der Waals surface area contributed by atoms with Crippen LogP contribution in [0.5, 0.6) is 0 Å². The quantitative estimate of drug-likeness (QED) is 0.637. The Kier molecular flexibility index (Phi) is 4.96. The van der Waals surface area contributed by atoms with Crippen LogP contribution >= 0.6 is 11.6 Å². The minimum atomic E-state index is -0.566. The van der Waals surface area contributed by atoms with Gasteiger partial charge in [-0.2, -0.15) is 0 Å². The first-order chi connectivity index (χ1) is 10.0. The van der Waals surface area contributed by atoms with Crippen LogP contribution in [0, 0.1) is 5.82 Å². The highest BCUT2D eigenvalue weighted by molar-refractivity contribution is 6.32. The molecule has 1 unspecified atom stereocenters. The van der Waals surface area contributed by atoms with Crippen LogP contribution in [0.25, 0.3) is 6.08 Å². The number of likely N-dealkylation sites (tertiary alicyclic amines) is 1. The number of methoxy groups -OCH3 is 1. The van der Waals surface area contributed by atoms with Gasteiger partial charge in [-0.15, -0.1) is 0 Å². The summed E-state index contributed by atoms with van der Waals surface area (Å²) in [5, 5.41) is 0.227. The van der Waals surface area contributed by atoms with Crippen molar-refractivity contribution in [3.8, 4) is 0 Å². The maximum absolute atomic E-state index is 13.6. The van der Waals surface area contributed by atoms with E-state index in [1.54, 1.807) is 6.07 Å². The lowest BCUT2D eigenvalue weighted by Gasteiger charge is -2.20. The topological polar surface area (TPSA) is 46.6 Å². The SMILES string of the molecule is COC(=O)C1CCCN1C(=O)/C=C/c1c(F)cccc1Cl. The molecule has 1 amide bonds. The minimum Gasteiger partial charge on any atom is -0.467 e. The maximum atomic E-state index is 13.6. The molecule has 0 aliphatic carbocycles. The van der Waals surface area contributed by atoms with Crippen LogP contribution in [-0.4, -0.2) is 36.5 Å². The highest BCUT2D eigenvalue weighted by Crippen LogP contribution is 2.22. The van der Waals surface area contributed by atoms with E-state index in [9.17, 15) is 14.0 Å². The van der Waals surface area contributed by atoms with Crippen LogP contribution < -0.4 is 0 Å². The van der Waals surface area contributed by atoms with E-state index in [0.717, 1.165) is 6.42 Å². The number of ether oxygens (including phenoxy) is 1. The lowest BCUT2D eigenvalue weighted by atomic mass is 10.2. The number of nitrogens with zero attached hydrogens (tertiary/aromatic N) is 1. The fraction of sp³-hybridized carbons (Fsp3) is 0.333. The second kappa shape index (κ2) is 6.72. The first kappa shape index (κ1) is 15.5. The van der Waals surface area contributed by atoms with Gasteiger partial charge in [-0.05, 0) is 31.1 Å². The van der Waals surface area contributed by atoms with Crippen LogP contribution in [-0.2, 0) is 14.3 Å². The molecule has 0 aromatic heterocycles. The lowest BCUT2D eigenvalue weighted by Crippen LogP contribution is -2.40. The van der Waals surface area contributed by atoms with E-state index in [0.29, 0.717) is 13.0 Å². The van der Waals surface area contributed by atoms with Crippen molar-refractivity contribution in [3.63, 3.8) is 0 Å². The maximum Gasteiger partial charge on any atom is 0.328 e. The summed E-state index contributed by atoms with van der Waals surface area (Å²) >= 11 is 5.88. The van der Waals surface area contributed by atoms with Gasteiger partial charge in [0.15, 0.2) is 0 Å². The third kappa shape index (κ3) is 3.42. The second-order valence-corrected chi connectivity index (χ2v) is 5.09. The van der Waals surface area contributed by atoms with Gasteiger partial charge in [0, 0.05) is 18.2 Å². The Labute approximate surface area is 127 Å². The van der Waals surface area contributed by atoms with Crippen LogP contribution in [0.2, 0.25) is 5.02 Å². The number of hydrogen-bond donors (Lipinski definition) is 0. The van der Waals surface area contributed by atoms with Crippen molar-refractivity contribution >= 4 is 29.6 Å². The van der Waals surface area contributed by atoms with Gasteiger partial charge < -0.3 is 9.64 Å². The Balaban J connectivity index is 2.14. The fourth-order valence-electron chi connectivity index (χ4n) is 2.33. The molecule has 1 aromatic carbocycles. The summed E-state index contributed by atoms with van der Waals surface area (Å²) in [4.78, 5) is 25.2. The van der Waals surface area contributed by atoms with E-state index >= 15 is 0 Å². The highest BCUT2D eigenvalue weighted by Gasteiger charge is 2.33. The molecule has 21 heavy (non-hydrogen) atoms. The zero-order valence-electron chi connectivity index (χ0n) is 11.5. The molecule has 1 aliphatic rings. The van der Waals surface area contributed by atoms with Crippen LogP contribution in [0.4, 0.5) is 4.39 Å². The molecule has 0 bridgehead atoms. The first-order valence-corrected chi connectivity index (χ1v) is 6.93. The third-order valence-corrected chi connectivity index (χ3v) is 3.73. The Morgan fingerprint density at radius 2 is 2.24 bits per heavy atom. The minimum absolute atomic E-state index is 0.154. The monoisotopic (exact) mass is 311 g/mol. The summed E-state index contributed by atoms with van der Waals surface area (Å²) in [7, 11) is 1.29. The molecule has 0 spiro atoms. The van der Waals surface area contributed by atoms with E-state index in [1.807, 2.05) is 0 Å². The van der Waals surface area contributed by atoms with Crippen LogP contribution in [0.3, 0.4) is 0 Å². The zero-order chi connectivity index (χ0) is 15.4. The molecule has 1 aliphatic heterocycles. The zero-order valence-corrected chi connectivity index (χ0v) is 12.3. The number of amides is 1. The molecule has 1 aromatic rings. The van der Waals surface area contributed by atoms with Gasteiger partial charge in [0.2, 0.25) is 5.91 Å². The van der Waals surface area contributed by atoms with Crippen molar-refractivity contribution in [2.75, 3.05) is 13.7 Å². The van der Waals surface area contributed by atoms with Gasteiger partial charge in [-0.25, -0.2) is 9.18 Å². The standard InChI is InChI=1S/C15H15ClFNO3/c1-21-15(20)13-6-3-9-18(13)14(19)8-7-10-11(16)4-2-5-12(10)17/h2,4-5,7-8,13H,3,6,9H2,1H3/b8-7+. The van der Waals surface area contributed by atoms with E-state index in [4.69, 9.17) is 11.6 Å².